The molecule has 0 aliphatic heterocycles. The molecule has 1 aliphatic rings. The Morgan fingerprint density at radius 2 is 1.97 bits per heavy atom. The molecule has 5 rings (SSSR count). The van der Waals surface area contributed by atoms with E-state index in [1.165, 1.54) is 0 Å². The number of fused-ring (bicyclic) bond motifs is 1. The highest BCUT2D eigenvalue weighted by molar-refractivity contribution is 5.94. The van der Waals surface area contributed by atoms with Crippen LogP contribution in [0, 0.1) is 6.92 Å². The molecule has 2 N–H and O–H groups in total. The van der Waals surface area contributed by atoms with Crippen LogP contribution in [0.15, 0.2) is 70.3 Å². The second-order valence-corrected chi connectivity index (χ2v) is 9.04. The van der Waals surface area contributed by atoms with Crippen LogP contribution in [0.25, 0.3) is 21.9 Å². The number of hydrogen-bond acceptors (Lipinski definition) is 5. The standard InChI is InChI=1S/C27H27N3O4/c1-17-25(16-34-29-17)19-5-10-24-20(14-19)11-12-30(27(24)33)15-18-3-2-4-21(13-18)26(32)28-22-6-8-23(31)9-7-22/h2-5,10-14,16,22-23,31H,6-9,15H2,1H3,(H,28,32)/t22-,23-. The highest BCUT2D eigenvalue weighted by Crippen LogP contribution is 2.25. The fourth-order valence-corrected chi connectivity index (χ4v) is 4.65. The van der Waals surface area contributed by atoms with Gasteiger partial charge in [0.25, 0.3) is 11.5 Å². The van der Waals surface area contributed by atoms with Crippen LogP contribution >= 0.6 is 0 Å². The lowest BCUT2D eigenvalue weighted by Gasteiger charge is -2.26. The van der Waals surface area contributed by atoms with E-state index >= 15 is 0 Å². The number of pyridine rings is 1. The molecule has 1 aliphatic carbocycles. The Hall–Kier alpha value is -3.71. The van der Waals surface area contributed by atoms with E-state index in [2.05, 4.69) is 10.5 Å². The second-order valence-electron chi connectivity index (χ2n) is 9.04. The maximum atomic E-state index is 13.1. The van der Waals surface area contributed by atoms with Crippen molar-refractivity contribution in [2.45, 2.75) is 51.3 Å². The van der Waals surface area contributed by atoms with E-state index in [1.807, 2.05) is 49.4 Å². The molecule has 0 radical (unpaired) electrons. The number of amides is 1. The molecule has 2 aromatic heterocycles. The normalized spacial score (nSPS) is 18.2. The number of aryl methyl sites for hydroxylation is 1. The minimum atomic E-state index is -0.255. The van der Waals surface area contributed by atoms with E-state index in [1.54, 1.807) is 23.1 Å². The van der Waals surface area contributed by atoms with E-state index in [-0.39, 0.29) is 23.6 Å². The lowest BCUT2D eigenvalue weighted by atomic mass is 9.93. The minimum absolute atomic E-state index is 0.0818. The number of rotatable bonds is 5. The number of hydrogen-bond donors (Lipinski definition) is 2. The van der Waals surface area contributed by atoms with Gasteiger partial charge in [0.2, 0.25) is 0 Å². The molecular weight excluding hydrogens is 430 g/mol. The number of aliphatic hydroxyl groups excluding tert-OH is 1. The molecule has 1 amide bonds. The third-order valence-corrected chi connectivity index (χ3v) is 6.61. The van der Waals surface area contributed by atoms with Gasteiger partial charge in [-0.1, -0.05) is 23.4 Å². The predicted octanol–water partition coefficient (Wildman–Crippen LogP) is 4.05. The van der Waals surface area contributed by atoms with Gasteiger partial charge in [-0.3, -0.25) is 9.59 Å². The van der Waals surface area contributed by atoms with Crippen LogP contribution in [-0.4, -0.2) is 32.9 Å². The zero-order valence-corrected chi connectivity index (χ0v) is 19.0. The van der Waals surface area contributed by atoms with Crippen molar-refractivity contribution in [3.05, 3.63) is 88.2 Å². The summed E-state index contributed by atoms with van der Waals surface area (Å²) in [6.07, 6.45) is 6.16. The van der Waals surface area contributed by atoms with Crippen LogP contribution in [0.2, 0.25) is 0 Å². The van der Waals surface area contributed by atoms with Crippen molar-refractivity contribution in [2.75, 3.05) is 0 Å². The molecule has 0 unspecified atom stereocenters. The first-order chi connectivity index (χ1) is 16.5. The van der Waals surface area contributed by atoms with E-state index in [0.29, 0.717) is 17.5 Å². The lowest BCUT2D eigenvalue weighted by Crippen LogP contribution is -2.38. The Morgan fingerprint density at radius 1 is 1.15 bits per heavy atom. The van der Waals surface area contributed by atoms with Gasteiger partial charge in [0, 0.05) is 28.8 Å². The van der Waals surface area contributed by atoms with Gasteiger partial charge in [-0.15, -0.1) is 0 Å². The molecule has 1 saturated carbocycles. The average Bonchev–Trinajstić information content (AvgIpc) is 3.28. The highest BCUT2D eigenvalue weighted by atomic mass is 16.5. The molecule has 0 bridgehead atoms. The number of benzene rings is 2. The smallest absolute Gasteiger partial charge is 0.258 e. The number of aromatic nitrogens is 2. The van der Waals surface area contributed by atoms with Crippen LogP contribution in [0.3, 0.4) is 0 Å². The van der Waals surface area contributed by atoms with Crippen molar-refractivity contribution in [1.29, 1.82) is 0 Å². The van der Waals surface area contributed by atoms with E-state index in [9.17, 15) is 14.7 Å². The first-order valence-electron chi connectivity index (χ1n) is 11.6. The van der Waals surface area contributed by atoms with Gasteiger partial charge in [0.05, 0.1) is 18.3 Å². The first-order valence-corrected chi connectivity index (χ1v) is 11.6. The Bertz CT molecular complexity index is 1400. The average molecular weight is 458 g/mol. The van der Waals surface area contributed by atoms with E-state index in [4.69, 9.17) is 4.52 Å². The summed E-state index contributed by atoms with van der Waals surface area (Å²) in [5.74, 6) is -0.120. The van der Waals surface area contributed by atoms with Gasteiger partial charge >= 0.3 is 0 Å². The van der Waals surface area contributed by atoms with Crippen molar-refractivity contribution in [1.82, 2.24) is 15.0 Å². The fraction of sp³-hybridized carbons (Fsp3) is 0.296. The molecule has 174 valence electrons. The van der Waals surface area contributed by atoms with Crippen molar-refractivity contribution >= 4 is 16.7 Å². The molecule has 7 nitrogen and oxygen atoms in total. The van der Waals surface area contributed by atoms with Gasteiger partial charge in [-0.05, 0) is 79.5 Å². The van der Waals surface area contributed by atoms with Crippen LogP contribution in [0.4, 0.5) is 0 Å². The Balaban J connectivity index is 1.35. The van der Waals surface area contributed by atoms with Crippen molar-refractivity contribution in [2.24, 2.45) is 0 Å². The third kappa shape index (κ3) is 4.52. The van der Waals surface area contributed by atoms with Crippen molar-refractivity contribution in [3.8, 4) is 11.1 Å². The molecular formula is C27H27N3O4. The molecule has 2 aromatic carbocycles. The number of aliphatic hydroxyl groups is 1. The number of carbonyl (C=O) groups excluding carboxylic acids is 1. The predicted molar refractivity (Wildman–Crippen MR) is 130 cm³/mol. The molecule has 1 fully saturated rings. The first kappa shape index (κ1) is 22.1. The summed E-state index contributed by atoms with van der Waals surface area (Å²) in [4.78, 5) is 25.9. The van der Waals surface area contributed by atoms with Crippen LogP contribution in [-0.2, 0) is 6.54 Å². The SMILES string of the molecule is Cc1nocc1-c1ccc2c(=O)n(Cc3cccc(C(=O)N[C@H]4CC[C@H](O)CC4)c3)ccc2c1. The quantitative estimate of drug-likeness (QED) is 0.471. The Kier molecular flexibility index (Phi) is 6.02. The summed E-state index contributed by atoms with van der Waals surface area (Å²) in [6.45, 7) is 2.26. The molecule has 34 heavy (non-hydrogen) atoms. The Labute approximate surface area is 197 Å². The van der Waals surface area contributed by atoms with E-state index < -0.39 is 0 Å². The number of carbonyl (C=O) groups is 1. The largest absolute Gasteiger partial charge is 0.393 e. The maximum Gasteiger partial charge on any atom is 0.258 e. The van der Waals surface area contributed by atoms with Gasteiger partial charge < -0.3 is 19.5 Å². The topological polar surface area (TPSA) is 97.4 Å². The maximum absolute atomic E-state index is 13.1. The molecule has 0 saturated heterocycles. The summed E-state index contributed by atoms with van der Waals surface area (Å²) >= 11 is 0. The third-order valence-electron chi connectivity index (χ3n) is 6.61. The molecule has 7 heteroatoms. The fourth-order valence-electron chi connectivity index (χ4n) is 4.65. The Morgan fingerprint density at radius 3 is 2.74 bits per heavy atom. The summed E-state index contributed by atoms with van der Waals surface area (Å²) in [7, 11) is 0. The van der Waals surface area contributed by atoms with Gasteiger partial charge in [-0.2, -0.15) is 0 Å². The van der Waals surface area contributed by atoms with Gasteiger partial charge in [-0.25, -0.2) is 0 Å². The van der Waals surface area contributed by atoms with Crippen LogP contribution in [0.1, 0.15) is 47.3 Å². The zero-order valence-electron chi connectivity index (χ0n) is 19.0. The summed E-state index contributed by atoms with van der Waals surface area (Å²) in [6, 6.07) is 15.1. The minimum Gasteiger partial charge on any atom is -0.393 e. The molecule has 2 heterocycles. The second kappa shape index (κ2) is 9.27. The zero-order chi connectivity index (χ0) is 23.7. The molecule has 4 aromatic rings. The summed E-state index contributed by atoms with van der Waals surface area (Å²) in [5, 5.41) is 18.1. The number of nitrogens with one attached hydrogen (secondary N) is 1. The van der Waals surface area contributed by atoms with Crippen molar-refractivity contribution in [3.63, 3.8) is 0 Å². The lowest BCUT2D eigenvalue weighted by molar-refractivity contribution is 0.0867. The number of nitrogens with zero attached hydrogens (tertiary/aromatic N) is 2. The monoisotopic (exact) mass is 457 g/mol. The van der Waals surface area contributed by atoms with Gasteiger partial charge in [0.1, 0.15) is 6.26 Å². The van der Waals surface area contributed by atoms with Crippen LogP contribution in [0.5, 0.6) is 0 Å². The summed E-state index contributed by atoms with van der Waals surface area (Å²) in [5.41, 5.74) is 4.04. The molecule has 0 atom stereocenters. The highest BCUT2D eigenvalue weighted by Gasteiger charge is 2.21. The molecule has 0 spiro atoms. The van der Waals surface area contributed by atoms with E-state index in [0.717, 1.165) is 53.5 Å². The van der Waals surface area contributed by atoms with Crippen LogP contribution < -0.4 is 10.9 Å². The van der Waals surface area contributed by atoms with Crippen molar-refractivity contribution < 1.29 is 14.4 Å². The van der Waals surface area contributed by atoms with Gasteiger partial charge in [0.15, 0.2) is 0 Å². The summed E-state index contributed by atoms with van der Waals surface area (Å²) < 4.78 is 6.70.